The quantitative estimate of drug-likeness (QED) is 0.179. The third-order valence-corrected chi connectivity index (χ3v) is 11.2. The molecule has 1 saturated heterocycles. The number of carbonyl (C=O) groups is 5. The van der Waals surface area contributed by atoms with Crippen molar-refractivity contribution in [1.29, 1.82) is 0 Å². The van der Waals surface area contributed by atoms with Crippen LogP contribution in [0, 0.1) is 23.7 Å². The molecular weight excluding hydrogens is 664 g/mol. The standard InChI is InChI=1S/C40H66N4O8/c1-13-26(4)35(43(9)38(48)29(25(2)3)23-33(45)40(6,7)41-8)32(50-10)24-34(46)44-21-17-20-31(44)36(51-11)27(5)37(47)42-30(39(49)52-12)22-28-18-15-14-16-19-28/h14-16,18-19,25-27,29-32,35-36,41H,13,17,20-24H2,1-12H3,(H,42,47). The molecule has 0 spiro atoms. The molecule has 1 aromatic rings. The van der Waals surface area contributed by atoms with Gasteiger partial charge in [-0.2, -0.15) is 0 Å². The molecule has 0 aliphatic carbocycles. The molecule has 8 unspecified atom stereocenters. The largest absolute Gasteiger partial charge is 0.467 e. The van der Waals surface area contributed by atoms with Crippen LogP contribution in [0.5, 0.6) is 0 Å². The highest BCUT2D eigenvalue weighted by Crippen LogP contribution is 2.31. The maximum atomic E-state index is 14.2. The van der Waals surface area contributed by atoms with Gasteiger partial charge in [0.15, 0.2) is 5.78 Å². The minimum Gasteiger partial charge on any atom is -0.467 e. The van der Waals surface area contributed by atoms with Crippen molar-refractivity contribution in [2.24, 2.45) is 23.7 Å². The van der Waals surface area contributed by atoms with Crippen molar-refractivity contribution >= 4 is 29.5 Å². The lowest BCUT2D eigenvalue weighted by Gasteiger charge is -2.41. The molecule has 1 aliphatic rings. The maximum Gasteiger partial charge on any atom is 0.328 e. The van der Waals surface area contributed by atoms with Gasteiger partial charge >= 0.3 is 5.97 Å². The number of methoxy groups -OCH3 is 3. The Kier molecular flexibility index (Phi) is 17.9. The van der Waals surface area contributed by atoms with E-state index < -0.39 is 47.6 Å². The number of nitrogens with zero attached hydrogens (tertiary/aromatic N) is 2. The smallest absolute Gasteiger partial charge is 0.328 e. The minimum atomic E-state index is -0.885. The van der Waals surface area contributed by atoms with Crippen molar-refractivity contribution in [3.63, 3.8) is 0 Å². The highest BCUT2D eigenvalue weighted by Gasteiger charge is 2.43. The number of benzene rings is 1. The van der Waals surface area contributed by atoms with Crippen LogP contribution in [0.1, 0.15) is 86.1 Å². The van der Waals surface area contributed by atoms with Crippen LogP contribution in [0.25, 0.3) is 0 Å². The first-order valence-corrected chi connectivity index (χ1v) is 18.7. The van der Waals surface area contributed by atoms with Crippen LogP contribution in [0.3, 0.4) is 0 Å². The molecule has 294 valence electrons. The van der Waals surface area contributed by atoms with E-state index in [1.165, 1.54) is 14.2 Å². The van der Waals surface area contributed by atoms with Crippen molar-refractivity contribution in [2.75, 3.05) is 42.0 Å². The summed E-state index contributed by atoms with van der Waals surface area (Å²) >= 11 is 0. The number of hydrogen-bond acceptors (Lipinski definition) is 9. The second kappa shape index (κ2) is 20.8. The average molecular weight is 731 g/mol. The number of ether oxygens (including phenoxy) is 3. The molecule has 0 bridgehead atoms. The number of Topliss-reactive ketones (excluding diaryl/α,β-unsaturated/α-hetero) is 1. The number of nitrogens with one attached hydrogen (secondary N) is 2. The number of ketones is 1. The van der Waals surface area contributed by atoms with Gasteiger partial charge < -0.3 is 34.6 Å². The number of likely N-dealkylation sites (tertiary alicyclic amines) is 1. The molecule has 12 heteroatoms. The first-order valence-electron chi connectivity index (χ1n) is 18.7. The van der Waals surface area contributed by atoms with Gasteiger partial charge in [0, 0.05) is 46.6 Å². The molecule has 1 aromatic carbocycles. The van der Waals surface area contributed by atoms with Crippen LogP contribution in [-0.4, -0.2) is 117 Å². The van der Waals surface area contributed by atoms with E-state index in [1.54, 1.807) is 37.9 Å². The number of carbonyl (C=O) groups excluding carboxylic acids is 5. The SMILES string of the molecule is CCC(C)C(C(CC(=O)N1CCCC1C(OC)C(C)C(=O)NC(Cc1ccccc1)C(=O)OC)OC)N(C)C(=O)C(CC(=O)C(C)(C)NC)C(C)C. The summed E-state index contributed by atoms with van der Waals surface area (Å²) in [5, 5.41) is 5.90. The Balaban J connectivity index is 2.28. The van der Waals surface area contributed by atoms with Gasteiger partial charge in [-0.25, -0.2) is 4.79 Å². The molecule has 8 atom stereocenters. The summed E-state index contributed by atoms with van der Waals surface area (Å²) in [5.41, 5.74) is 0.114. The van der Waals surface area contributed by atoms with Crippen LogP contribution in [0.4, 0.5) is 0 Å². The van der Waals surface area contributed by atoms with E-state index in [1.807, 2.05) is 71.9 Å². The molecule has 3 amide bonds. The van der Waals surface area contributed by atoms with Crippen molar-refractivity contribution in [3.05, 3.63) is 35.9 Å². The van der Waals surface area contributed by atoms with Gasteiger partial charge in [-0.05, 0) is 51.1 Å². The van der Waals surface area contributed by atoms with Crippen molar-refractivity contribution in [3.8, 4) is 0 Å². The van der Waals surface area contributed by atoms with Gasteiger partial charge in [-0.3, -0.25) is 19.2 Å². The van der Waals surface area contributed by atoms with Crippen LogP contribution >= 0.6 is 0 Å². The molecule has 1 aliphatic heterocycles. The Morgan fingerprint density at radius 3 is 2.13 bits per heavy atom. The Morgan fingerprint density at radius 1 is 0.981 bits per heavy atom. The molecule has 0 aromatic heterocycles. The molecule has 2 N–H and O–H groups in total. The van der Waals surface area contributed by atoms with Crippen LogP contribution < -0.4 is 10.6 Å². The topological polar surface area (TPSA) is 144 Å². The van der Waals surface area contributed by atoms with Crippen LogP contribution in [-0.2, 0) is 44.6 Å². The summed E-state index contributed by atoms with van der Waals surface area (Å²) < 4.78 is 16.9. The zero-order valence-electron chi connectivity index (χ0n) is 33.7. The predicted molar refractivity (Wildman–Crippen MR) is 201 cm³/mol. The summed E-state index contributed by atoms with van der Waals surface area (Å²) in [5.74, 6) is -2.57. The lowest BCUT2D eigenvalue weighted by molar-refractivity contribution is -0.149. The van der Waals surface area contributed by atoms with Gasteiger partial charge in [0.25, 0.3) is 0 Å². The minimum absolute atomic E-state index is 0.00702. The van der Waals surface area contributed by atoms with Gasteiger partial charge in [0.1, 0.15) is 6.04 Å². The van der Waals surface area contributed by atoms with Gasteiger partial charge in [-0.1, -0.05) is 71.4 Å². The molecule has 2 rings (SSSR count). The second-order valence-electron chi connectivity index (χ2n) is 15.2. The Hall–Kier alpha value is -3.35. The summed E-state index contributed by atoms with van der Waals surface area (Å²) in [7, 11) is 7.86. The number of rotatable bonds is 21. The molecule has 0 radical (unpaired) electrons. The van der Waals surface area contributed by atoms with E-state index in [9.17, 15) is 24.0 Å². The summed E-state index contributed by atoms with van der Waals surface area (Å²) in [6, 6.07) is 7.69. The highest BCUT2D eigenvalue weighted by atomic mass is 16.5. The second-order valence-corrected chi connectivity index (χ2v) is 15.2. The Bertz CT molecular complexity index is 1320. The molecule has 1 fully saturated rings. The van der Waals surface area contributed by atoms with Gasteiger partial charge in [-0.15, -0.1) is 0 Å². The number of esters is 1. The van der Waals surface area contributed by atoms with Gasteiger partial charge in [0.2, 0.25) is 17.7 Å². The first-order chi connectivity index (χ1) is 24.5. The van der Waals surface area contributed by atoms with E-state index in [-0.39, 0.29) is 60.6 Å². The van der Waals surface area contributed by atoms with Gasteiger partial charge in [0.05, 0.1) is 49.3 Å². The van der Waals surface area contributed by atoms with Crippen molar-refractivity contribution < 1.29 is 38.2 Å². The fraction of sp³-hybridized carbons (Fsp3) is 0.725. The summed E-state index contributed by atoms with van der Waals surface area (Å²) in [6.45, 7) is 13.9. The zero-order valence-corrected chi connectivity index (χ0v) is 33.7. The summed E-state index contributed by atoms with van der Waals surface area (Å²) in [6.07, 6.45) is 1.27. The number of amides is 3. The van der Waals surface area contributed by atoms with E-state index in [0.717, 1.165) is 18.4 Å². The number of likely N-dealkylation sites (N-methyl/N-ethyl adjacent to an activating group) is 2. The number of hydrogen-bond donors (Lipinski definition) is 2. The van der Waals surface area contributed by atoms with E-state index in [2.05, 4.69) is 10.6 Å². The molecule has 52 heavy (non-hydrogen) atoms. The first kappa shape index (κ1) is 44.8. The molecular formula is C40H66N4O8. The average Bonchev–Trinajstić information content (AvgIpc) is 3.62. The monoisotopic (exact) mass is 730 g/mol. The fourth-order valence-electron chi connectivity index (χ4n) is 7.26. The molecule has 12 nitrogen and oxygen atoms in total. The van der Waals surface area contributed by atoms with E-state index in [0.29, 0.717) is 13.0 Å². The van der Waals surface area contributed by atoms with Crippen molar-refractivity contribution in [2.45, 2.75) is 123 Å². The maximum absolute atomic E-state index is 14.2. The lowest BCUT2D eigenvalue weighted by Crippen LogP contribution is -2.55. The zero-order chi connectivity index (χ0) is 39.3. The highest BCUT2D eigenvalue weighted by molar-refractivity contribution is 5.92. The molecule has 1 heterocycles. The lowest BCUT2D eigenvalue weighted by atomic mass is 9.83. The van der Waals surface area contributed by atoms with E-state index in [4.69, 9.17) is 14.2 Å². The predicted octanol–water partition coefficient (Wildman–Crippen LogP) is 4.04. The Labute approximate surface area is 312 Å². The normalized spacial score (nSPS) is 18.9. The summed E-state index contributed by atoms with van der Waals surface area (Å²) in [4.78, 5) is 71.2. The third-order valence-electron chi connectivity index (χ3n) is 11.2. The fourth-order valence-corrected chi connectivity index (χ4v) is 7.26. The third kappa shape index (κ3) is 11.6. The van der Waals surface area contributed by atoms with Crippen LogP contribution in [0.15, 0.2) is 30.3 Å². The van der Waals surface area contributed by atoms with E-state index >= 15 is 0 Å². The van der Waals surface area contributed by atoms with Crippen LogP contribution in [0.2, 0.25) is 0 Å². The van der Waals surface area contributed by atoms with Crippen molar-refractivity contribution in [1.82, 2.24) is 20.4 Å². The molecule has 0 saturated carbocycles. The Morgan fingerprint density at radius 2 is 1.62 bits per heavy atom.